The van der Waals surface area contributed by atoms with E-state index in [0.29, 0.717) is 36.4 Å². The number of nitriles is 1. The first-order chi connectivity index (χ1) is 10.3. The summed E-state index contributed by atoms with van der Waals surface area (Å²) in [7, 11) is 0. The van der Waals surface area contributed by atoms with Crippen molar-refractivity contribution in [2.45, 2.75) is 12.1 Å². The highest BCUT2D eigenvalue weighted by atomic mass is 19.3. The molecule has 0 saturated carbocycles. The number of alkyl halides is 3. The number of halogens is 6. The van der Waals surface area contributed by atoms with E-state index < -0.39 is 46.2 Å². The molecule has 7 heteroatoms. The molecule has 2 aromatic rings. The van der Waals surface area contributed by atoms with Gasteiger partial charge in [-0.05, 0) is 24.3 Å². The predicted octanol–water partition coefficient (Wildman–Crippen LogP) is 4.45. The average Bonchev–Trinajstić information content (AvgIpc) is 2.45. The molecular formula is C15H7F6N. The van der Waals surface area contributed by atoms with E-state index in [2.05, 4.69) is 0 Å². The summed E-state index contributed by atoms with van der Waals surface area (Å²) in [5.41, 5.74) is -5.97. The van der Waals surface area contributed by atoms with E-state index in [1.54, 1.807) is 0 Å². The Labute approximate surface area is 121 Å². The second-order valence-corrected chi connectivity index (χ2v) is 4.48. The average molecular weight is 315 g/mol. The molecule has 0 fully saturated rings. The Morgan fingerprint density at radius 2 is 1.50 bits per heavy atom. The Morgan fingerprint density at radius 1 is 0.909 bits per heavy atom. The number of rotatable bonds is 3. The highest BCUT2D eigenvalue weighted by Crippen LogP contribution is 2.40. The molecule has 0 aliphatic rings. The highest BCUT2D eigenvalue weighted by Gasteiger charge is 2.45. The van der Waals surface area contributed by atoms with Crippen molar-refractivity contribution < 1.29 is 26.3 Å². The van der Waals surface area contributed by atoms with Crippen LogP contribution in [-0.2, 0) is 5.67 Å². The SMILES string of the molecule is N#Cc1cc(C(F)(c2cc(F)cc(F)c2)C(F)F)ccc1F. The van der Waals surface area contributed by atoms with E-state index in [-0.39, 0.29) is 0 Å². The molecule has 0 aliphatic heterocycles. The van der Waals surface area contributed by atoms with Crippen molar-refractivity contribution >= 4 is 0 Å². The minimum atomic E-state index is -3.69. The summed E-state index contributed by atoms with van der Waals surface area (Å²) in [5, 5.41) is 8.69. The van der Waals surface area contributed by atoms with E-state index in [1.807, 2.05) is 0 Å². The van der Waals surface area contributed by atoms with Gasteiger partial charge in [-0.1, -0.05) is 6.07 Å². The van der Waals surface area contributed by atoms with Gasteiger partial charge < -0.3 is 0 Å². The van der Waals surface area contributed by atoms with Crippen molar-refractivity contribution in [3.63, 3.8) is 0 Å². The van der Waals surface area contributed by atoms with Gasteiger partial charge in [-0.15, -0.1) is 0 Å². The first-order valence-electron chi connectivity index (χ1n) is 5.92. The van der Waals surface area contributed by atoms with Crippen molar-refractivity contribution in [2.24, 2.45) is 0 Å². The van der Waals surface area contributed by atoms with Crippen LogP contribution in [0.4, 0.5) is 26.3 Å². The van der Waals surface area contributed by atoms with Gasteiger partial charge in [0.25, 0.3) is 6.43 Å². The molecule has 22 heavy (non-hydrogen) atoms. The van der Waals surface area contributed by atoms with Crippen molar-refractivity contribution in [1.29, 1.82) is 5.26 Å². The van der Waals surface area contributed by atoms with E-state index >= 15 is 0 Å². The first kappa shape index (κ1) is 15.9. The molecule has 1 atom stereocenters. The van der Waals surface area contributed by atoms with Crippen LogP contribution in [0, 0.1) is 28.8 Å². The summed E-state index contributed by atoms with van der Waals surface area (Å²) < 4.78 is 81.0. The molecule has 0 aliphatic carbocycles. The maximum Gasteiger partial charge on any atom is 0.280 e. The number of hydrogen-bond acceptors (Lipinski definition) is 1. The molecule has 0 saturated heterocycles. The Kier molecular flexibility index (Phi) is 4.13. The van der Waals surface area contributed by atoms with Crippen LogP contribution in [0.3, 0.4) is 0 Å². The summed E-state index contributed by atoms with van der Waals surface area (Å²) in [6.07, 6.45) is -3.69. The van der Waals surface area contributed by atoms with Crippen LogP contribution < -0.4 is 0 Å². The van der Waals surface area contributed by atoms with Gasteiger partial charge in [0.15, 0.2) is 0 Å². The first-order valence-corrected chi connectivity index (χ1v) is 5.92. The van der Waals surface area contributed by atoms with Gasteiger partial charge in [-0.25, -0.2) is 26.3 Å². The maximum atomic E-state index is 14.9. The van der Waals surface area contributed by atoms with Gasteiger partial charge in [0.05, 0.1) is 5.56 Å². The monoisotopic (exact) mass is 315 g/mol. The van der Waals surface area contributed by atoms with Crippen molar-refractivity contribution in [3.05, 3.63) is 70.5 Å². The standard InChI is InChI=1S/C15H7F6N/c16-11-4-10(5-12(17)6-11)15(21,14(19)20)9-1-2-13(18)8(3-9)7-22/h1-6,14H. The Balaban J connectivity index is 2.70. The van der Waals surface area contributed by atoms with Crippen molar-refractivity contribution in [1.82, 2.24) is 0 Å². The molecule has 114 valence electrons. The van der Waals surface area contributed by atoms with Gasteiger partial charge in [0.1, 0.15) is 23.5 Å². The van der Waals surface area contributed by atoms with Gasteiger partial charge in [0, 0.05) is 17.2 Å². The zero-order valence-corrected chi connectivity index (χ0v) is 10.8. The lowest BCUT2D eigenvalue weighted by Gasteiger charge is -2.26. The largest absolute Gasteiger partial charge is 0.280 e. The van der Waals surface area contributed by atoms with Gasteiger partial charge in [0.2, 0.25) is 5.67 Å². The third kappa shape index (κ3) is 2.64. The van der Waals surface area contributed by atoms with Crippen LogP contribution in [0.25, 0.3) is 0 Å². The molecule has 0 N–H and O–H groups in total. The third-order valence-electron chi connectivity index (χ3n) is 3.09. The summed E-state index contributed by atoms with van der Waals surface area (Å²) in [5.74, 6) is -3.49. The van der Waals surface area contributed by atoms with E-state index in [9.17, 15) is 26.3 Å². The third-order valence-corrected chi connectivity index (χ3v) is 3.09. The fourth-order valence-corrected chi connectivity index (χ4v) is 2.02. The molecule has 0 spiro atoms. The Bertz CT molecular complexity index is 732. The summed E-state index contributed by atoms with van der Waals surface area (Å²) in [6, 6.07) is 4.56. The zero-order chi connectivity index (χ0) is 16.5. The number of benzene rings is 2. The quantitative estimate of drug-likeness (QED) is 0.768. The predicted molar refractivity (Wildman–Crippen MR) is 65.4 cm³/mol. The van der Waals surface area contributed by atoms with Crippen LogP contribution in [0.5, 0.6) is 0 Å². The van der Waals surface area contributed by atoms with Crippen LogP contribution >= 0.6 is 0 Å². The molecule has 1 unspecified atom stereocenters. The molecule has 0 heterocycles. The molecule has 2 aromatic carbocycles. The maximum absolute atomic E-state index is 14.9. The van der Waals surface area contributed by atoms with Crippen LogP contribution in [0.2, 0.25) is 0 Å². The zero-order valence-electron chi connectivity index (χ0n) is 10.8. The minimum Gasteiger partial charge on any atom is -0.227 e. The lowest BCUT2D eigenvalue weighted by Crippen LogP contribution is -2.31. The minimum absolute atomic E-state index is 0.404. The van der Waals surface area contributed by atoms with Crippen molar-refractivity contribution in [2.75, 3.05) is 0 Å². The lowest BCUT2D eigenvalue weighted by molar-refractivity contribution is -0.0105. The number of hydrogen-bond donors (Lipinski definition) is 0. The molecular weight excluding hydrogens is 308 g/mol. The normalized spacial score (nSPS) is 13.7. The van der Waals surface area contributed by atoms with E-state index in [4.69, 9.17) is 5.26 Å². The molecule has 0 radical (unpaired) electrons. The fourth-order valence-electron chi connectivity index (χ4n) is 2.02. The second-order valence-electron chi connectivity index (χ2n) is 4.48. The highest BCUT2D eigenvalue weighted by molar-refractivity contribution is 5.43. The second kappa shape index (κ2) is 5.72. The summed E-state index contributed by atoms with van der Waals surface area (Å²) in [6.45, 7) is 0. The number of nitrogens with zero attached hydrogens (tertiary/aromatic N) is 1. The molecule has 0 amide bonds. The van der Waals surface area contributed by atoms with Gasteiger partial charge in [-0.3, -0.25) is 0 Å². The lowest BCUT2D eigenvalue weighted by atomic mass is 9.87. The molecule has 0 aromatic heterocycles. The van der Waals surface area contributed by atoms with Gasteiger partial charge >= 0.3 is 0 Å². The Hall–Kier alpha value is -2.49. The van der Waals surface area contributed by atoms with Crippen LogP contribution in [-0.4, -0.2) is 6.43 Å². The van der Waals surface area contributed by atoms with Gasteiger partial charge in [-0.2, -0.15) is 5.26 Å². The summed E-state index contributed by atoms with van der Waals surface area (Å²) in [4.78, 5) is 0. The van der Waals surface area contributed by atoms with Crippen LogP contribution in [0.15, 0.2) is 36.4 Å². The molecule has 0 bridgehead atoms. The van der Waals surface area contributed by atoms with E-state index in [0.717, 1.165) is 0 Å². The summed E-state index contributed by atoms with van der Waals surface area (Å²) >= 11 is 0. The van der Waals surface area contributed by atoms with Crippen LogP contribution in [0.1, 0.15) is 16.7 Å². The molecule has 1 nitrogen and oxygen atoms in total. The van der Waals surface area contributed by atoms with E-state index in [1.165, 1.54) is 6.07 Å². The topological polar surface area (TPSA) is 23.8 Å². The molecule has 2 rings (SSSR count). The Morgan fingerprint density at radius 3 is 2.00 bits per heavy atom. The smallest absolute Gasteiger partial charge is 0.227 e. The fraction of sp³-hybridized carbons (Fsp3) is 0.133. The van der Waals surface area contributed by atoms with Crippen molar-refractivity contribution in [3.8, 4) is 6.07 Å².